The van der Waals surface area contributed by atoms with E-state index in [9.17, 15) is 0 Å². The van der Waals surface area contributed by atoms with Crippen LogP contribution in [0.5, 0.6) is 0 Å². The third-order valence-corrected chi connectivity index (χ3v) is 22.7. The highest BCUT2D eigenvalue weighted by Gasteiger charge is 2.49. The molecule has 0 spiro atoms. The van der Waals surface area contributed by atoms with Crippen molar-refractivity contribution in [2.24, 2.45) is 5.92 Å². The van der Waals surface area contributed by atoms with E-state index in [-0.39, 0.29) is 5.92 Å². The highest BCUT2D eigenvalue weighted by molar-refractivity contribution is 7.16. The highest BCUT2D eigenvalue weighted by atomic mass is 28.3. The molecule has 0 N–H and O–H groups in total. The number of aryl methyl sites for hydroxylation is 12. The molecule has 0 heterocycles. The third-order valence-electron chi connectivity index (χ3n) is 17.6. The van der Waals surface area contributed by atoms with E-state index >= 15 is 0 Å². The van der Waals surface area contributed by atoms with Crippen molar-refractivity contribution in [3.8, 4) is 0 Å². The minimum Gasteiger partial charge on any atom is -0.0636 e. The fourth-order valence-corrected chi connectivity index (χ4v) is 20.9. The molecule has 0 bridgehead atoms. The van der Waals surface area contributed by atoms with E-state index in [2.05, 4.69) is 275 Å². The Bertz CT molecular complexity index is 3290. The molecule has 82 heavy (non-hydrogen) atoms. The fraction of sp³-hybridized carbons (Fsp3) is 0.284. The van der Waals surface area contributed by atoms with Crippen LogP contribution in [0.4, 0.5) is 0 Å². The molecule has 0 amide bonds. The Morgan fingerprint density at radius 2 is 0.390 bits per heavy atom. The van der Waals surface area contributed by atoms with Gasteiger partial charge in [0.2, 0.25) is 0 Å². The van der Waals surface area contributed by atoms with Gasteiger partial charge in [-0.2, -0.15) is 0 Å². The van der Waals surface area contributed by atoms with Gasteiger partial charge >= 0.3 is 0 Å². The van der Waals surface area contributed by atoms with E-state index in [1.165, 1.54) is 166 Å². The zero-order valence-electron chi connectivity index (χ0n) is 52.4. The first-order valence-corrected chi connectivity index (χ1v) is 32.2. The smallest absolute Gasteiger partial charge is 0.0636 e. The quantitative estimate of drug-likeness (QED) is 0.0668. The lowest BCUT2D eigenvalue weighted by molar-refractivity contribution is 0.851. The van der Waals surface area contributed by atoms with Gasteiger partial charge in [-0.1, -0.05) is 254 Å². The zero-order chi connectivity index (χ0) is 58.3. The molecule has 1 unspecified atom stereocenters. The summed E-state index contributed by atoms with van der Waals surface area (Å²) in [6.07, 6.45) is 5.17. The number of hydrogen-bond donors (Lipinski definition) is 0. The summed E-state index contributed by atoms with van der Waals surface area (Å²) >= 11 is 0. The lowest BCUT2D eigenvalue weighted by Gasteiger charge is -2.40. The molecule has 0 aromatic heterocycles. The van der Waals surface area contributed by atoms with Gasteiger partial charge in [-0.3, -0.25) is 0 Å². The molecular formula is C81H88Si. The molecule has 0 radical (unpaired) electrons. The van der Waals surface area contributed by atoms with Gasteiger partial charge in [0, 0.05) is 0 Å². The molecule has 10 rings (SSSR count). The van der Waals surface area contributed by atoms with Crippen LogP contribution < -0.4 is 15.6 Å². The lowest BCUT2D eigenvalue weighted by atomic mass is 9.96. The van der Waals surface area contributed by atoms with Crippen molar-refractivity contribution in [3.05, 3.63) is 319 Å². The van der Waals surface area contributed by atoms with Crippen LogP contribution in [-0.4, -0.2) is 8.07 Å². The van der Waals surface area contributed by atoms with Crippen molar-refractivity contribution in [2.75, 3.05) is 0 Å². The minimum atomic E-state index is -3.39. The van der Waals surface area contributed by atoms with Crippen molar-refractivity contribution in [2.45, 2.75) is 149 Å². The van der Waals surface area contributed by atoms with E-state index in [1.54, 1.807) is 5.20 Å². The first-order valence-electron chi connectivity index (χ1n) is 30.2. The van der Waals surface area contributed by atoms with E-state index in [0.29, 0.717) is 0 Å². The first-order chi connectivity index (χ1) is 39.0. The third kappa shape index (κ3) is 13.1. The molecule has 1 aliphatic rings. The second-order valence-electron chi connectivity index (χ2n) is 26.0. The van der Waals surface area contributed by atoms with Gasteiger partial charge < -0.3 is 0 Å². The summed E-state index contributed by atoms with van der Waals surface area (Å²) in [5.74, 6) is 0.231. The van der Waals surface area contributed by atoms with Gasteiger partial charge in [0.15, 0.2) is 8.07 Å². The van der Waals surface area contributed by atoms with Crippen molar-refractivity contribution in [1.29, 1.82) is 0 Å². The van der Waals surface area contributed by atoms with Crippen LogP contribution in [0.25, 0.3) is 0 Å². The van der Waals surface area contributed by atoms with E-state index in [1.807, 2.05) is 0 Å². The van der Waals surface area contributed by atoms with E-state index < -0.39 is 8.07 Å². The molecule has 0 saturated carbocycles. The molecule has 0 fully saturated rings. The van der Waals surface area contributed by atoms with Crippen molar-refractivity contribution in [1.82, 2.24) is 0 Å². The maximum atomic E-state index is 2.71. The topological polar surface area (TPSA) is 0 Å². The molecule has 1 atom stereocenters. The van der Waals surface area contributed by atoms with Crippen LogP contribution >= 0.6 is 0 Å². The number of allylic oxidation sites excluding steroid dienone is 4. The summed E-state index contributed by atoms with van der Waals surface area (Å²) in [6, 6.07) is 66.9. The van der Waals surface area contributed by atoms with Crippen LogP contribution in [0.1, 0.15) is 161 Å². The number of rotatable bonds is 16. The Morgan fingerprint density at radius 3 is 0.549 bits per heavy atom. The summed E-state index contributed by atoms with van der Waals surface area (Å²) in [4.78, 5) is 0. The maximum Gasteiger partial charge on any atom is 0.176 e. The molecule has 0 nitrogen and oxygen atoms in total. The lowest BCUT2D eigenvalue weighted by Crippen LogP contribution is -2.70. The second-order valence-corrected chi connectivity index (χ2v) is 29.7. The molecule has 1 heteroatoms. The predicted octanol–water partition coefficient (Wildman–Crippen LogP) is 18.2. The fourth-order valence-electron chi connectivity index (χ4n) is 14.9. The first kappa shape index (κ1) is 57.9. The predicted molar refractivity (Wildman–Crippen MR) is 357 cm³/mol. The Balaban J connectivity index is 1.37. The van der Waals surface area contributed by atoms with Gasteiger partial charge in [-0.25, -0.2) is 0 Å². The van der Waals surface area contributed by atoms with Crippen LogP contribution in [-0.2, 0) is 38.5 Å². The van der Waals surface area contributed by atoms with E-state index in [0.717, 1.165) is 38.5 Å². The van der Waals surface area contributed by atoms with Crippen molar-refractivity contribution in [3.63, 3.8) is 0 Å². The summed E-state index contributed by atoms with van der Waals surface area (Å²) in [6.45, 7) is 37.0. The van der Waals surface area contributed by atoms with Gasteiger partial charge in [0.05, 0.1) is 0 Å². The van der Waals surface area contributed by atoms with Crippen LogP contribution in [0.15, 0.2) is 186 Å². The second kappa shape index (κ2) is 23.9. The summed E-state index contributed by atoms with van der Waals surface area (Å²) in [5.41, 5.74) is 36.7. The largest absolute Gasteiger partial charge is 0.176 e. The number of hydrogen-bond acceptors (Lipinski definition) is 0. The molecule has 9 aromatic rings. The summed E-state index contributed by atoms with van der Waals surface area (Å²) < 4.78 is 0. The molecule has 1 aliphatic carbocycles. The van der Waals surface area contributed by atoms with Gasteiger partial charge in [0.25, 0.3) is 0 Å². The zero-order valence-corrected chi connectivity index (χ0v) is 53.4. The SMILES string of the molecule is CC1=C(C)C(C)C([Si](c2cc(Cc3cc(C)cc(C)c3)cc(Cc3cc(C)cc(C)c3)c2)(c2cc(Cc3cc(C)cc(C)c3)cc(Cc3cc(C)cc(C)c3)c2)c2cc(Cc3cc(C)cc(C)c3)cc(Cc3cc(C)cc(C)c3)c2)=C1C. The summed E-state index contributed by atoms with van der Waals surface area (Å²) in [5, 5.41) is 6.09. The van der Waals surface area contributed by atoms with Crippen LogP contribution in [0.3, 0.4) is 0 Å². The van der Waals surface area contributed by atoms with Gasteiger partial charge in [-0.05, 0) is 236 Å². The Hall–Kier alpha value is -7.32. The normalized spacial score (nSPS) is 13.7. The monoisotopic (exact) mass is 1090 g/mol. The average Bonchev–Trinajstić information content (AvgIpc) is 1.57. The Morgan fingerprint density at radius 1 is 0.220 bits per heavy atom. The molecule has 0 aliphatic heterocycles. The van der Waals surface area contributed by atoms with Crippen molar-refractivity contribution < 1.29 is 0 Å². The average molecular weight is 1090 g/mol. The number of benzene rings is 9. The van der Waals surface area contributed by atoms with Crippen LogP contribution in [0.2, 0.25) is 0 Å². The Kier molecular flexibility index (Phi) is 16.9. The van der Waals surface area contributed by atoms with E-state index in [4.69, 9.17) is 0 Å². The van der Waals surface area contributed by atoms with Gasteiger partial charge in [0.1, 0.15) is 0 Å². The van der Waals surface area contributed by atoms with Crippen molar-refractivity contribution >= 4 is 23.6 Å². The minimum absolute atomic E-state index is 0.231. The summed E-state index contributed by atoms with van der Waals surface area (Å²) in [7, 11) is -3.39. The Labute approximate surface area is 495 Å². The maximum absolute atomic E-state index is 3.39. The van der Waals surface area contributed by atoms with Crippen LogP contribution in [0, 0.1) is 89.0 Å². The standard InChI is InChI=1S/C81H88Si/c1-50-17-51(2)24-66(23-50)35-72-41-73(36-67-25-52(3)18-53(4)26-67)45-78(44-72)82(81-64(15)62(13)63(14)65(81)16,79-46-74(37-68-27-54(5)19-55(6)28-68)42-75(47-79)38-69-29-56(7)20-57(8)30-69)80-48-76(39-70-31-58(9)21-59(10)32-70)43-77(49-80)40-71-33-60(11)22-61(12)34-71/h17-34,41-49,64H,35-40H2,1-16H3. The molecule has 9 aromatic carbocycles. The van der Waals surface area contributed by atoms with Gasteiger partial charge in [-0.15, -0.1) is 0 Å². The molecular weight excluding hydrogens is 1000 g/mol. The molecule has 416 valence electrons. The molecule has 0 saturated heterocycles. The highest BCUT2D eigenvalue weighted by Crippen LogP contribution is 2.42.